The van der Waals surface area contributed by atoms with Crippen LogP contribution in [0.25, 0.3) is 0 Å². The second-order valence-electron chi connectivity index (χ2n) is 5.17. The van der Waals surface area contributed by atoms with E-state index in [1.165, 1.54) is 17.0 Å². The fraction of sp³-hybridized carbons (Fsp3) is 0.462. The number of sulfonamides is 1. The van der Waals surface area contributed by atoms with Gasteiger partial charge in [0.15, 0.2) is 0 Å². The molecule has 0 radical (unpaired) electrons. The Morgan fingerprint density at radius 2 is 2.23 bits per heavy atom. The number of nitrogens with zero attached hydrogens (tertiary/aromatic N) is 1. The first-order valence-electron chi connectivity index (χ1n) is 6.76. The minimum absolute atomic E-state index is 0.123. The molecule has 0 aromatic heterocycles. The summed E-state index contributed by atoms with van der Waals surface area (Å²) in [4.78, 5) is 13.6. The lowest BCUT2D eigenvalue weighted by Crippen LogP contribution is -2.40. The molecule has 1 saturated heterocycles. The molecule has 9 heteroatoms. The van der Waals surface area contributed by atoms with Crippen LogP contribution in [0.15, 0.2) is 18.2 Å². The van der Waals surface area contributed by atoms with Crippen LogP contribution in [0.1, 0.15) is 12.8 Å². The molecule has 3 N–H and O–H groups in total. The Bertz CT molecular complexity index is 665. The fourth-order valence-corrected chi connectivity index (χ4v) is 2.93. The lowest BCUT2D eigenvalue weighted by molar-refractivity contribution is 0.166. The molecular formula is C13H18FN3O4S. The topological polar surface area (TPSA) is 98.7 Å². The first-order valence-corrected chi connectivity index (χ1v) is 8.65. The summed E-state index contributed by atoms with van der Waals surface area (Å²) in [6, 6.07) is 2.74. The maximum atomic E-state index is 13.8. The van der Waals surface area contributed by atoms with E-state index < -0.39 is 21.9 Å². The van der Waals surface area contributed by atoms with E-state index in [9.17, 15) is 22.7 Å². The van der Waals surface area contributed by atoms with Gasteiger partial charge in [-0.1, -0.05) is 0 Å². The minimum Gasteiger partial charge on any atom is -0.394 e. The number of nitrogens with one attached hydrogen (secondary N) is 2. The molecule has 2 rings (SSSR count). The van der Waals surface area contributed by atoms with Crippen molar-refractivity contribution in [2.24, 2.45) is 0 Å². The molecule has 0 saturated carbocycles. The highest BCUT2D eigenvalue weighted by Gasteiger charge is 2.28. The molecule has 1 fully saturated rings. The molecule has 22 heavy (non-hydrogen) atoms. The second-order valence-corrected chi connectivity index (χ2v) is 6.92. The van der Waals surface area contributed by atoms with Crippen LogP contribution >= 0.6 is 0 Å². The number of hydrogen-bond donors (Lipinski definition) is 3. The third kappa shape index (κ3) is 4.08. The largest absolute Gasteiger partial charge is 0.394 e. The first kappa shape index (κ1) is 16.5. The highest BCUT2D eigenvalue weighted by molar-refractivity contribution is 7.92. The quantitative estimate of drug-likeness (QED) is 0.771. The van der Waals surface area contributed by atoms with Crippen LogP contribution in [0, 0.1) is 5.82 Å². The van der Waals surface area contributed by atoms with Crippen molar-refractivity contribution in [3.05, 3.63) is 24.0 Å². The smallest absolute Gasteiger partial charge is 0.322 e. The molecule has 1 aromatic carbocycles. The van der Waals surface area contributed by atoms with Crippen molar-refractivity contribution in [2.45, 2.75) is 18.9 Å². The number of hydrogen-bond acceptors (Lipinski definition) is 4. The van der Waals surface area contributed by atoms with Gasteiger partial charge in [-0.25, -0.2) is 17.6 Å². The van der Waals surface area contributed by atoms with Crippen molar-refractivity contribution in [1.82, 2.24) is 4.90 Å². The summed E-state index contributed by atoms with van der Waals surface area (Å²) < 4.78 is 38.3. The average molecular weight is 331 g/mol. The van der Waals surface area contributed by atoms with Gasteiger partial charge in [0.2, 0.25) is 10.0 Å². The number of halogens is 1. The van der Waals surface area contributed by atoms with Crippen molar-refractivity contribution in [3.63, 3.8) is 0 Å². The van der Waals surface area contributed by atoms with E-state index in [0.29, 0.717) is 13.0 Å². The van der Waals surface area contributed by atoms with Crippen molar-refractivity contribution >= 4 is 27.4 Å². The standard InChI is InChI=1S/C13H18FN3O4S/c1-22(20,21)16-9-4-5-11(14)12(7-9)15-13(19)17-6-2-3-10(17)8-18/h4-5,7,10,16,18H,2-3,6,8H2,1H3,(H,15,19)/t10-/m0/s1. The summed E-state index contributed by atoms with van der Waals surface area (Å²) in [5, 5.41) is 11.6. The molecule has 7 nitrogen and oxygen atoms in total. The van der Waals surface area contributed by atoms with Gasteiger partial charge in [-0.05, 0) is 31.0 Å². The molecular weight excluding hydrogens is 313 g/mol. The molecule has 1 aromatic rings. The Morgan fingerprint density at radius 1 is 1.50 bits per heavy atom. The zero-order chi connectivity index (χ0) is 16.3. The van der Waals surface area contributed by atoms with Crippen molar-refractivity contribution in [3.8, 4) is 0 Å². The first-order chi connectivity index (χ1) is 10.3. The number of aliphatic hydroxyl groups excluding tert-OH is 1. The van der Waals surface area contributed by atoms with Gasteiger partial charge in [0, 0.05) is 6.54 Å². The Hall–Kier alpha value is -1.87. The summed E-state index contributed by atoms with van der Waals surface area (Å²) in [7, 11) is -3.49. The van der Waals surface area contributed by atoms with Crippen molar-refractivity contribution < 1.29 is 22.7 Å². The normalized spacial score (nSPS) is 18.3. The summed E-state index contributed by atoms with van der Waals surface area (Å²) in [5.41, 5.74) is 0.0292. The Morgan fingerprint density at radius 3 is 2.86 bits per heavy atom. The molecule has 0 aliphatic carbocycles. The van der Waals surface area contributed by atoms with Crippen molar-refractivity contribution in [2.75, 3.05) is 29.4 Å². The number of aliphatic hydroxyl groups is 1. The van der Waals surface area contributed by atoms with Crippen LogP contribution in [-0.2, 0) is 10.0 Å². The summed E-state index contributed by atoms with van der Waals surface area (Å²) in [5.74, 6) is -0.674. The van der Waals surface area contributed by atoms with E-state index in [1.807, 2.05) is 0 Å². The number of benzene rings is 1. The number of likely N-dealkylation sites (tertiary alicyclic amines) is 1. The van der Waals surface area contributed by atoms with Gasteiger partial charge in [-0.3, -0.25) is 4.72 Å². The van der Waals surface area contributed by atoms with E-state index in [-0.39, 0.29) is 24.0 Å². The molecule has 1 atom stereocenters. The van der Waals surface area contributed by atoms with Gasteiger partial charge in [-0.15, -0.1) is 0 Å². The Kier molecular flexibility index (Phi) is 4.87. The fourth-order valence-electron chi connectivity index (χ4n) is 2.38. The lowest BCUT2D eigenvalue weighted by Gasteiger charge is -2.23. The van der Waals surface area contributed by atoms with Crippen LogP contribution in [0.2, 0.25) is 0 Å². The Labute approximate surface area is 128 Å². The number of anilines is 2. The van der Waals surface area contributed by atoms with Gasteiger partial charge in [0.1, 0.15) is 5.82 Å². The molecule has 0 unspecified atom stereocenters. The van der Waals surface area contributed by atoms with Gasteiger partial charge in [0.05, 0.1) is 30.3 Å². The van der Waals surface area contributed by atoms with Gasteiger partial charge < -0.3 is 15.3 Å². The second kappa shape index (κ2) is 6.49. The van der Waals surface area contributed by atoms with E-state index in [2.05, 4.69) is 10.0 Å². The van der Waals surface area contributed by atoms with Crippen LogP contribution in [0.5, 0.6) is 0 Å². The number of amides is 2. The summed E-state index contributed by atoms with van der Waals surface area (Å²) in [6.07, 6.45) is 2.45. The Balaban J connectivity index is 2.14. The molecule has 2 amide bonds. The number of urea groups is 1. The summed E-state index contributed by atoms with van der Waals surface area (Å²) >= 11 is 0. The highest BCUT2D eigenvalue weighted by Crippen LogP contribution is 2.23. The minimum atomic E-state index is -3.49. The van der Waals surface area contributed by atoms with Crippen LogP contribution in [0.4, 0.5) is 20.6 Å². The molecule has 1 heterocycles. The monoisotopic (exact) mass is 331 g/mol. The third-order valence-electron chi connectivity index (χ3n) is 3.36. The van der Waals surface area contributed by atoms with Crippen LogP contribution < -0.4 is 10.0 Å². The van der Waals surface area contributed by atoms with E-state index in [1.54, 1.807) is 0 Å². The number of rotatable bonds is 4. The SMILES string of the molecule is CS(=O)(=O)Nc1ccc(F)c(NC(=O)N2CCC[C@H]2CO)c1. The molecule has 0 bridgehead atoms. The number of carbonyl (C=O) groups excluding carboxylic acids is 1. The lowest BCUT2D eigenvalue weighted by atomic mass is 10.2. The predicted molar refractivity (Wildman–Crippen MR) is 80.7 cm³/mol. The van der Waals surface area contributed by atoms with Gasteiger partial charge in [0.25, 0.3) is 0 Å². The van der Waals surface area contributed by atoms with Crippen LogP contribution in [0.3, 0.4) is 0 Å². The van der Waals surface area contributed by atoms with Crippen LogP contribution in [-0.4, -0.2) is 49.9 Å². The zero-order valence-corrected chi connectivity index (χ0v) is 12.9. The zero-order valence-electron chi connectivity index (χ0n) is 12.0. The van der Waals surface area contributed by atoms with Gasteiger partial charge in [-0.2, -0.15) is 0 Å². The maximum absolute atomic E-state index is 13.8. The third-order valence-corrected chi connectivity index (χ3v) is 3.97. The van der Waals surface area contributed by atoms with E-state index >= 15 is 0 Å². The van der Waals surface area contributed by atoms with Crippen molar-refractivity contribution in [1.29, 1.82) is 0 Å². The van der Waals surface area contributed by atoms with Gasteiger partial charge >= 0.3 is 6.03 Å². The maximum Gasteiger partial charge on any atom is 0.322 e. The number of carbonyl (C=O) groups is 1. The van der Waals surface area contributed by atoms with E-state index in [4.69, 9.17) is 0 Å². The molecule has 122 valence electrons. The molecule has 1 aliphatic heterocycles. The van der Waals surface area contributed by atoms with E-state index in [0.717, 1.165) is 18.7 Å². The summed E-state index contributed by atoms with van der Waals surface area (Å²) in [6.45, 7) is 0.339. The highest BCUT2D eigenvalue weighted by atomic mass is 32.2. The predicted octanol–water partition coefficient (Wildman–Crippen LogP) is 1.19. The molecule has 0 spiro atoms. The molecule has 1 aliphatic rings. The average Bonchev–Trinajstić information content (AvgIpc) is 2.89.